The Labute approximate surface area is 89.8 Å². The molecule has 0 spiro atoms. The summed E-state index contributed by atoms with van der Waals surface area (Å²) >= 11 is 0. The lowest BCUT2D eigenvalue weighted by atomic mass is 9.89. The fraction of sp³-hybridized carbons (Fsp3) is 0.800. The first-order valence-corrected chi connectivity index (χ1v) is 5.00. The second-order valence-electron chi connectivity index (χ2n) is 3.87. The van der Waals surface area contributed by atoms with Gasteiger partial charge in [-0.2, -0.15) is 0 Å². The number of ether oxygens (including phenoxy) is 1. The van der Waals surface area contributed by atoms with E-state index in [1.165, 1.54) is 0 Å². The molecule has 5 nitrogen and oxygen atoms in total. The fourth-order valence-corrected chi connectivity index (χ4v) is 0.760. The van der Waals surface area contributed by atoms with Crippen LogP contribution in [0.5, 0.6) is 0 Å². The van der Waals surface area contributed by atoms with Crippen LogP contribution >= 0.6 is 0 Å². The summed E-state index contributed by atoms with van der Waals surface area (Å²) in [5.74, 6) is -1.21. The SMILES string of the molecule is CCOC(=O)C(O)NC(=O)C(C)(C)CC. The Morgan fingerprint density at radius 2 is 1.93 bits per heavy atom. The normalized spacial score (nSPS) is 13.1. The second kappa shape index (κ2) is 5.70. The highest BCUT2D eigenvalue weighted by Gasteiger charge is 2.29. The van der Waals surface area contributed by atoms with Gasteiger partial charge >= 0.3 is 5.97 Å². The van der Waals surface area contributed by atoms with Crippen LogP contribution in [0.4, 0.5) is 0 Å². The van der Waals surface area contributed by atoms with Gasteiger partial charge in [-0.3, -0.25) is 4.79 Å². The van der Waals surface area contributed by atoms with Gasteiger partial charge in [-0.1, -0.05) is 20.8 Å². The maximum Gasteiger partial charge on any atom is 0.356 e. The molecule has 1 unspecified atom stereocenters. The third-order valence-corrected chi connectivity index (χ3v) is 2.28. The Balaban J connectivity index is 4.24. The van der Waals surface area contributed by atoms with E-state index in [0.717, 1.165) is 0 Å². The molecule has 0 saturated heterocycles. The van der Waals surface area contributed by atoms with E-state index in [-0.39, 0.29) is 12.5 Å². The van der Waals surface area contributed by atoms with E-state index in [1.54, 1.807) is 20.8 Å². The first-order valence-electron chi connectivity index (χ1n) is 5.00. The molecule has 0 saturated carbocycles. The summed E-state index contributed by atoms with van der Waals surface area (Å²) in [6.07, 6.45) is -0.961. The van der Waals surface area contributed by atoms with E-state index in [0.29, 0.717) is 6.42 Å². The number of carbonyl (C=O) groups excluding carboxylic acids is 2. The molecule has 1 amide bonds. The van der Waals surface area contributed by atoms with Crippen LogP contribution in [0, 0.1) is 5.41 Å². The molecule has 2 N–H and O–H groups in total. The standard InChI is InChI=1S/C10H19NO4/c1-5-10(3,4)9(14)11-7(12)8(13)15-6-2/h7,12H,5-6H2,1-4H3,(H,11,14). The molecule has 0 rings (SSSR count). The molecule has 0 fully saturated rings. The molecule has 0 aromatic rings. The monoisotopic (exact) mass is 217 g/mol. The largest absolute Gasteiger partial charge is 0.463 e. The minimum absolute atomic E-state index is 0.170. The van der Waals surface area contributed by atoms with E-state index in [9.17, 15) is 14.7 Å². The van der Waals surface area contributed by atoms with E-state index in [4.69, 9.17) is 0 Å². The fourth-order valence-electron chi connectivity index (χ4n) is 0.760. The molecule has 0 aromatic heterocycles. The highest BCUT2D eigenvalue weighted by atomic mass is 16.5. The van der Waals surface area contributed by atoms with Crippen molar-refractivity contribution in [1.29, 1.82) is 0 Å². The van der Waals surface area contributed by atoms with Crippen molar-refractivity contribution in [1.82, 2.24) is 5.32 Å². The number of nitrogens with one attached hydrogen (secondary N) is 1. The Kier molecular flexibility index (Phi) is 5.28. The molecular weight excluding hydrogens is 198 g/mol. The predicted octanol–water partition coefficient (Wildman–Crippen LogP) is 0.420. The van der Waals surface area contributed by atoms with Gasteiger partial charge in [-0.05, 0) is 13.3 Å². The van der Waals surface area contributed by atoms with Crippen LogP contribution in [0.1, 0.15) is 34.1 Å². The van der Waals surface area contributed by atoms with Gasteiger partial charge in [0.2, 0.25) is 12.1 Å². The van der Waals surface area contributed by atoms with Gasteiger partial charge in [0.1, 0.15) is 0 Å². The summed E-state index contributed by atoms with van der Waals surface area (Å²) in [6, 6.07) is 0. The number of hydrogen-bond donors (Lipinski definition) is 2. The third kappa shape index (κ3) is 4.29. The Hall–Kier alpha value is -1.10. The molecule has 88 valence electrons. The van der Waals surface area contributed by atoms with Crippen LogP contribution in [0.3, 0.4) is 0 Å². The maximum absolute atomic E-state index is 11.5. The summed E-state index contributed by atoms with van der Waals surface area (Å²) in [6.45, 7) is 7.13. The van der Waals surface area contributed by atoms with Crippen molar-refractivity contribution < 1.29 is 19.4 Å². The zero-order chi connectivity index (χ0) is 12.1. The minimum atomic E-state index is -1.58. The Bertz CT molecular complexity index is 238. The summed E-state index contributed by atoms with van der Waals surface area (Å²) in [5, 5.41) is 11.5. The molecule has 0 aromatic carbocycles. The van der Waals surface area contributed by atoms with Crippen molar-refractivity contribution in [3.8, 4) is 0 Å². The van der Waals surface area contributed by atoms with Gasteiger partial charge < -0.3 is 15.2 Å². The number of rotatable bonds is 5. The van der Waals surface area contributed by atoms with Gasteiger partial charge in [0.15, 0.2) is 0 Å². The molecule has 0 heterocycles. The van der Waals surface area contributed by atoms with Crippen LogP contribution in [0.25, 0.3) is 0 Å². The number of amides is 1. The Morgan fingerprint density at radius 1 is 1.40 bits per heavy atom. The van der Waals surface area contributed by atoms with Gasteiger partial charge in [0, 0.05) is 5.41 Å². The van der Waals surface area contributed by atoms with Crippen LogP contribution in [-0.4, -0.2) is 29.8 Å². The van der Waals surface area contributed by atoms with Gasteiger partial charge in [0.05, 0.1) is 6.61 Å². The number of aliphatic hydroxyl groups is 1. The van der Waals surface area contributed by atoms with Crippen LogP contribution < -0.4 is 5.32 Å². The molecule has 0 bridgehead atoms. The van der Waals surface area contributed by atoms with Crippen molar-refractivity contribution in [3.05, 3.63) is 0 Å². The summed E-state index contributed by atoms with van der Waals surface area (Å²) in [5.41, 5.74) is -0.604. The summed E-state index contributed by atoms with van der Waals surface area (Å²) in [4.78, 5) is 22.5. The van der Waals surface area contributed by atoms with E-state index in [2.05, 4.69) is 10.1 Å². The maximum atomic E-state index is 11.5. The van der Waals surface area contributed by atoms with Crippen LogP contribution in [0.2, 0.25) is 0 Å². The lowest BCUT2D eigenvalue weighted by molar-refractivity contribution is -0.158. The van der Waals surface area contributed by atoms with Gasteiger partial charge in [0.25, 0.3) is 0 Å². The van der Waals surface area contributed by atoms with Crippen LogP contribution in [-0.2, 0) is 14.3 Å². The third-order valence-electron chi connectivity index (χ3n) is 2.28. The highest BCUT2D eigenvalue weighted by Crippen LogP contribution is 2.19. The van der Waals surface area contributed by atoms with Gasteiger partial charge in [-0.25, -0.2) is 4.79 Å². The van der Waals surface area contributed by atoms with E-state index in [1.807, 2.05) is 6.92 Å². The lowest BCUT2D eigenvalue weighted by Crippen LogP contribution is -2.47. The van der Waals surface area contributed by atoms with Crippen LogP contribution in [0.15, 0.2) is 0 Å². The zero-order valence-corrected chi connectivity index (χ0v) is 9.66. The van der Waals surface area contributed by atoms with Crippen molar-refractivity contribution in [2.45, 2.75) is 40.3 Å². The number of aliphatic hydroxyl groups excluding tert-OH is 1. The first-order chi connectivity index (χ1) is 6.85. The molecule has 0 aliphatic heterocycles. The van der Waals surface area contributed by atoms with E-state index >= 15 is 0 Å². The summed E-state index contributed by atoms with van der Waals surface area (Å²) < 4.78 is 4.55. The topological polar surface area (TPSA) is 75.6 Å². The Morgan fingerprint density at radius 3 is 2.33 bits per heavy atom. The predicted molar refractivity (Wildman–Crippen MR) is 54.9 cm³/mol. The zero-order valence-electron chi connectivity index (χ0n) is 9.66. The lowest BCUT2D eigenvalue weighted by Gasteiger charge is -2.23. The molecule has 0 aliphatic carbocycles. The van der Waals surface area contributed by atoms with E-state index < -0.39 is 17.6 Å². The molecule has 5 heteroatoms. The first kappa shape index (κ1) is 13.9. The molecule has 0 aliphatic rings. The quantitative estimate of drug-likeness (QED) is 0.517. The smallest absolute Gasteiger partial charge is 0.356 e. The molecule has 15 heavy (non-hydrogen) atoms. The average molecular weight is 217 g/mol. The number of carbonyl (C=O) groups is 2. The number of hydrogen-bond acceptors (Lipinski definition) is 4. The number of esters is 1. The molecule has 1 atom stereocenters. The van der Waals surface area contributed by atoms with Crippen molar-refractivity contribution in [2.24, 2.45) is 5.41 Å². The minimum Gasteiger partial charge on any atom is -0.463 e. The second-order valence-corrected chi connectivity index (χ2v) is 3.87. The van der Waals surface area contributed by atoms with Gasteiger partial charge in [-0.15, -0.1) is 0 Å². The average Bonchev–Trinajstić information content (AvgIpc) is 2.17. The molecule has 0 radical (unpaired) electrons. The highest BCUT2D eigenvalue weighted by molar-refractivity contribution is 5.86. The van der Waals surface area contributed by atoms with Crippen molar-refractivity contribution in [2.75, 3.05) is 6.61 Å². The van der Waals surface area contributed by atoms with Crippen molar-refractivity contribution >= 4 is 11.9 Å². The summed E-state index contributed by atoms with van der Waals surface area (Å²) in [7, 11) is 0. The molecular formula is C10H19NO4. The van der Waals surface area contributed by atoms with Crippen molar-refractivity contribution in [3.63, 3.8) is 0 Å².